The Labute approximate surface area is 172 Å². The molecule has 0 aliphatic carbocycles. The third kappa shape index (κ3) is 4.67. The fraction of sp³-hybridized carbons (Fsp3) is 0.400. The first kappa shape index (κ1) is 20.3. The van der Waals surface area contributed by atoms with Crippen molar-refractivity contribution in [3.05, 3.63) is 46.2 Å². The number of nitrogens with one attached hydrogen (secondary N) is 1. The van der Waals surface area contributed by atoms with Crippen molar-refractivity contribution in [1.29, 1.82) is 0 Å². The number of ketones is 1. The van der Waals surface area contributed by atoms with Gasteiger partial charge in [-0.25, -0.2) is 9.97 Å². The molecule has 0 saturated carbocycles. The Hall–Kier alpha value is -2.48. The molecule has 1 amide bonds. The molecular weight excluding hydrogens is 424 g/mol. The van der Waals surface area contributed by atoms with Crippen molar-refractivity contribution in [3.8, 4) is 5.75 Å². The minimum Gasteiger partial charge on any atom is -0.493 e. The van der Waals surface area contributed by atoms with Crippen molar-refractivity contribution in [3.63, 3.8) is 0 Å². The van der Waals surface area contributed by atoms with Crippen LogP contribution < -0.4 is 10.1 Å². The average molecular weight is 447 g/mol. The number of likely N-dealkylation sites (tertiary alicyclic amines) is 1. The normalized spacial score (nSPS) is 16.1. The predicted octanol–water partition coefficient (Wildman–Crippen LogP) is 3.56. The largest absolute Gasteiger partial charge is 0.493 e. The summed E-state index contributed by atoms with van der Waals surface area (Å²) in [5, 5.41) is 3.20. The number of aromatic nitrogens is 2. The second-order valence-electron chi connectivity index (χ2n) is 6.60. The Morgan fingerprint density at radius 2 is 2.07 bits per heavy atom. The number of carbonyl (C=O) groups is 2. The van der Waals surface area contributed by atoms with E-state index in [0.717, 1.165) is 17.3 Å². The number of anilines is 1. The van der Waals surface area contributed by atoms with Crippen molar-refractivity contribution in [2.24, 2.45) is 0 Å². The number of rotatable bonds is 7. The average Bonchev–Trinajstić information content (AvgIpc) is 3.16. The molecule has 0 bridgehead atoms. The summed E-state index contributed by atoms with van der Waals surface area (Å²) in [5.41, 5.74) is 0.935. The molecule has 3 rings (SSSR count). The first-order valence-corrected chi connectivity index (χ1v) is 10.1. The highest BCUT2D eigenvalue weighted by molar-refractivity contribution is 9.10. The molecule has 7 nitrogen and oxygen atoms in total. The topological polar surface area (TPSA) is 84.4 Å². The molecule has 1 aliphatic rings. The van der Waals surface area contributed by atoms with Crippen LogP contribution in [0.4, 0.5) is 5.95 Å². The van der Waals surface area contributed by atoms with Crippen molar-refractivity contribution in [2.75, 3.05) is 25.0 Å². The summed E-state index contributed by atoms with van der Waals surface area (Å²) in [6, 6.07) is 5.05. The summed E-state index contributed by atoms with van der Waals surface area (Å²) in [7, 11) is 0. The summed E-state index contributed by atoms with van der Waals surface area (Å²) >= 11 is 3.31. The van der Waals surface area contributed by atoms with E-state index in [-0.39, 0.29) is 17.7 Å². The van der Waals surface area contributed by atoms with Crippen molar-refractivity contribution in [1.82, 2.24) is 14.9 Å². The van der Waals surface area contributed by atoms with E-state index in [1.165, 1.54) is 6.92 Å². The van der Waals surface area contributed by atoms with Gasteiger partial charge in [-0.3, -0.25) is 9.59 Å². The molecule has 0 spiro atoms. The fourth-order valence-electron chi connectivity index (χ4n) is 3.28. The lowest BCUT2D eigenvalue weighted by atomic mass is 10.1. The molecule has 148 valence electrons. The lowest BCUT2D eigenvalue weighted by molar-refractivity contribution is 0.0739. The molecule has 1 atom stereocenters. The maximum atomic E-state index is 13.3. The number of hydrogen-bond donors (Lipinski definition) is 1. The molecule has 8 heteroatoms. The number of halogens is 1. The van der Waals surface area contributed by atoms with Crippen LogP contribution in [0.15, 0.2) is 35.1 Å². The third-order valence-electron chi connectivity index (χ3n) is 4.67. The number of benzene rings is 1. The standard InChI is InChI=1S/C20H23BrN4O3/c1-3-28-18-7-6-14(13(2)26)9-17(18)19(27)25-8-4-5-16(25)12-24-20-22-10-15(21)11-23-20/h6-7,9-11,16H,3-5,8,12H2,1-2H3,(H,22,23,24). The van der Waals surface area contributed by atoms with E-state index in [1.54, 1.807) is 30.6 Å². The monoisotopic (exact) mass is 446 g/mol. The molecule has 1 N–H and O–H groups in total. The van der Waals surface area contributed by atoms with Crippen LogP contribution >= 0.6 is 15.9 Å². The zero-order valence-electron chi connectivity index (χ0n) is 15.9. The summed E-state index contributed by atoms with van der Waals surface area (Å²) in [6.45, 7) is 5.04. The Kier molecular flexibility index (Phi) is 6.61. The fourth-order valence-corrected chi connectivity index (χ4v) is 3.48. The van der Waals surface area contributed by atoms with Gasteiger partial charge in [0.25, 0.3) is 5.91 Å². The van der Waals surface area contributed by atoms with E-state index in [9.17, 15) is 9.59 Å². The second-order valence-corrected chi connectivity index (χ2v) is 7.52. The van der Waals surface area contributed by atoms with Gasteiger partial charge in [0, 0.05) is 37.1 Å². The van der Waals surface area contributed by atoms with Crippen LogP contribution in [0, 0.1) is 0 Å². The van der Waals surface area contributed by atoms with Crippen molar-refractivity contribution in [2.45, 2.75) is 32.7 Å². The van der Waals surface area contributed by atoms with E-state index in [0.29, 0.717) is 42.5 Å². The van der Waals surface area contributed by atoms with E-state index in [4.69, 9.17) is 4.74 Å². The SMILES string of the molecule is CCOc1ccc(C(C)=O)cc1C(=O)N1CCCC1CNc1ncc(Br)cn1. The van der Waals surface area contributed by atoms with Gasteiger partial charge in [0.2, 0.25) is 5.95 Å². The van der Waals surface area contributed by atoms with Crippen LogP contribution in [0.1, 0.15) is 47.4 Å². The summed E-state index contributed by atoms with van der Waals surface area (Å²) in [5.74, 6) is 0.833. The van der Waals surface area contributed by atoms with Crippen LogP contribution in [0.25, 0.3) is 0 Å². The highest BCUT2D eigenvalue weighted by Crippen LogP contribution is 2.27. The third-order valence-corrected chi connectivity index (χ3v) is 5.08. The number of carbonyl (C=O) groups excluding carboxylic acids is 2. The lowest BCUT2D eigenvalue weighted by Crippen LogP contribution is -2.40. The molecule has 0 radical (unpaired) electrons. The molecule has 1 aliphatic heterocycles. The van der Waals surface area contributed by atoms with Crippen molar-refractivity contribution >= 4 is 33.6 Å². The number of ether oxygens (including phenoxy) is 1. The van der Waals surface area contributed by atoms with Gasteiger partial charge in [-0.15, -0.1) is 0 Å². The maximum Gasteiger partial charge on any atom is 0.257 e. The van der Waals surface area contributed by atoms with Gasteiger partial charge in [0.05, 0.1) is 16.6 Å². The molecule has 1 aromatic heterocycles. The number of amides is 1. The zero-order chi connectivity index (χ0) is 20.1. The van der Waals surface area contributed by atoms with Crippen molar-refractivity contribution < 1.29 is 14.3 Å². The molecular formula is C20H23BrN4O3. The van der Waals surface area contributed by atoms with E-state index in [1.807, 2.05) is 11.8 Å². The first-order valence-electron chi connectivity index (χ1n) is 9.29. The van der Waals surface area contributed by atoms with Crippen LogP contribution in [0.5, 0.6) is 5.75 Å². The Balaban J connectivity index is 1.77. The molecule has 1 saturated heterocycles. The van der Waals surface area contributed by atoms with Gasteiger partial charge in [0.15, 0.2) is 5.78 Å². The van der Waals surface area contributed by atoms with Gasteiger partial charge >= 0.3 is 0 Å². The number of hydrogen-bond acceptors (Lipinski definition) is 6. The molecule has 2 aromatic rings. The van der Waals surface area contributed by atoms with Gasteiger partial charge < -0.3 is 15.0 Å². The Morgan fingerprint density at radius 1 is 1.32 bits per heavy atom. The van der Waals surface area contributed by atoms with Gasteiger partial charge in [-0.1, -0.05) is 0 Å². The van der Waals surface area contributed by atoms with Gasteiger partial charge in [0.1, 0.15) is 5.75 Å². The van der Waals surface area contributed by atoms with E-state index >= 15 is 0 Å². The van der Waals surface area contributed by atoms with E-state index < -0.39 is 0 Å². The van der Waals surface area contributed by atoms with Crippen LogP contribution in [0.2, 0.25) is 0 Å². The number of nitrogens with zero attached hydrogens (tertiary/aromatic N) is 3. The van der Waals surface area contributed by atoms with E-state index in [2.05, 4.69) is 31.2 Å². The maximum absolute atomic E-state index is 13.3. The van der Waals surface area contributed by atoms with Crippen LogP contribution in [-0.4, -0.2) is 52.3 Å². The zero-order valence-corrected chi connectivity index (χ0v) is 17.5. The highest BCUT2D eigenvalue weighted by Gasteiger charge is 2.31. The number of Topliss-reactive ketones (excluding diaryl/α,β-unsaturated/α-hetero) is 1. The molecule has 28 heavy (non-hydrogen) atoms. The van der Waals surface area contributed by atoms with Gasteiger partial charge in [-0.05, 0) is 60.8 Å². The second kappa shape index (κ2) is 9.14. The smallest absolute Gasteiger partial charge is 0.257 e. The van der Waals surface area contributed by atoms with Crippen LogP contribution in [-0.2, 0) is 0 Å². The summed E-state index contributed by atoms with van der Waals surface area (Å²) in [4.78, 5) is 35.3. The Morgan fingerprint density at radius 3 is 2.75 bits per heavy atom. The lowest BCUT2D eigenvalue weighted by Gasteiger charge is -2.26. The molecule has 1 unspecified atom stereocenters. The highest BCUT2D eigenvalue weighted by atomic mass is 79.9. The molecule has 1 aromatic carbocycles. The quantitative estimate of drug-likeness (QED) is 0.654. The molecule has 1 fully saturated rings. The first-order chi connectivity index (χ1) is 13.5. The predicted molar refractivity (Wildman–Crippen MR) is 110 cm³/mol. The van der Waals surface area contributed by atoms with Gasteiger partial charge in [-0.2, -0.15) is 0 Å². The van der Waals surface area contributed by atoms with Crippen LogP contribution in [0.3, 0.4) is 0 Å². The Bertz CT molecular complexity index is 857. The molecule has 2 heterocycles. The summed E-state index contributed by atoms with van der Waals surface area (Å²) < 4.78 is 6.44. The minimum absolute atomic E-state index is 0.0233. The summed E-state index contributed by atoms with van der Waals surface area (Å²) in [6.07, 6.45) is 5.17. The minimum atomic E-state index is -0.118.